The molecule has 0 aliphatic carbocycles. The first-order valence-corrected chi connectivity index (χ1v) is 6.34. The number of carbonyl (C=O) groups is 1. The number of para-hydroxylation sites is 1. The monoisotopic (exact) mass is 266 g/mol. The maximum Gasteiger partial charge on any atom is 0.319 e. The molecule has 3 rings (SSSR count). The minimum Gasteiger partial charge on any atom is -0.332 e. The number of nitrogens with zero attached hydrogens (tertiary/aromatic N) is 2. The number of aromatic nitrogens is 2. The summed E-state index contributed by atoms with van der Waals surface area (Å²) in [5, 5.41) is 9.91. The summed E-state index contributed by atoms with van der Waals surface area (Å²) in [6.45, 7) is 0.389. The lowest BCUT2D eigenvalue weighted by atomic mass is 10.3. The summed E-state index contributed by atoms with van der Waals surface area (Å²) < 4.78 is 1.78. The van der Waals surface area contributed by atoms with Gasteiger partial charge in [-0.2, -0.15) is 5.10 Å². The molecule has 0 spiro atoms. The van der Waals surface area contributed by atoms with Gasteiger partial charge in [-0.05, 0) is 30.3 Å². The highest BCUT2D eigenvalue weighted by Gasteiger charge is 2.04. The SMILES string of the molecule is O=C(NCc1cc2ccccn2n1)Nc1ccccc1. The Labute approximate surface area is 116 Å². The molecule has 0 bridgehead atoms. The Hall–Kier alpha value is -2.82. The second kappa shape index (κ2) is 5.44. The van der Waals surface area contributed by atoms with Crippen LogP contribution in [0.3, 0.4) is 0 Å². The number of hydrogen-bond donors (Lipinski definition) is 2. The van der Waals surface area contributed by atoms with Gasteiger partial charge in [0, 0.05) is 11.9 Å². The van der Waals surface area contributed by atoms with E-state index in [1.54, 1.807) is 4.52 Å². The summed E-state index contributed by atoms with van der Waals surface area (Å²) in [6, 6.07) is 16.9. The van der Waals surface area contributed by atoms with Gasteiger partial charge in [0.2, 0.25) is 0 Å². The number of rotatable bonds is 3. The van der Waals surface area contributed by atoms with Gasteiger partial charge < -0.3 is 10.6 Å². The van der Waals surface area contributed by atoms with Crippen molar-refractivity contribution in [1.82, 2.24) is 14.9 Å². The van der Waals surface area contributed by atoms with E-state index in [9.17, 15) is 4.79 Å². The van der Waals surface area contributed by atoms with Crippen LogP contribution in [0.2, 0.25) is 0 Å². The van der Waals surface area contributed by atoms with E-state index in [0.29, 0.717) is 6.54 Å². The third-order valence-corrected chi connectivity index (χ3v) is 2.88. The smallest absolute Gasteiger partial charge is 0.319 e. The van der Waals surface area contributed by atoms with Crippen molar-refractivity contribution >= 4 is 17.2 Å². The number of nitrogens with one attached hydrogen (secondary N) is 2. The van der Waals surface area contributed by atoms with Crippen LogP contribution in [0.15, 0.2) is 60.8 Å². The second-order valence-corrected chi connectivity index (χ2v) is 4.38. The molecular weight excluding hydrogens is 252 g/mol. The lowest BCUT2D eigenvalue weighted by Gasteiger charge is -2.05. The first kappa shape index (κ1) is 12.2. The maximum atomic E-state index is 11.7. The van der Waals surface area contributed by atoms with E-state index in [2.05, 4.69) is 15.7 Å². The Balaban J connectivity index is 1.60. The van der Waals surface area contributed by atoms with Gasteiger partial charge in [-0.1, -0.05) is 24.3 Å². The number of amides is 2. The molecule has 1 aromatic carbocycles. The van der Waals surface area contributed by atoms with E-state index in [0.717, 1.165) is 16.9 Å². The van der Waals surface area contributed by atoms with Crippen molar-refractivity contribution < 1.29 is 4.79 Å². The van der Waals surface area contributed by atoms with Crippen molar-refractivity contribution in [3.63, 3.8) is 0 Å². The van der Waals surface area contributed by atoms with E-state index in [1.807, 2.05) is 60.8 Å². The van der Waals surface area contributed by atoms with Crippen molar-refractivity contribution in [1.29, 1.82) is 0 Å². The highest BCUT2D eigenvalue weighted by atomic mass is 16.2. The Morgan fingerprint density at radius 1 is 1.10 bits per heavy atom. The van der Waals surface area contributed by atoms with E-state index in [4.69, 9.17) is 0 Å². The molecule has 0 saturated carbocycles. The lowest BCUT2D eigenvalue weighted by Crippen LogP contribution is -2.28. The first-order chi connectivity index (χ1) is 9.81. The molecule has 2 aromatic heterocycles. The molecule has 0 saturated heterocycles. The molecule has 5 heteroatoms. The van der Waals surface area contributed by atoms with Crippen molar-refractivity contribution in [2.75, 3.05) is 5.32 Å². The highest BCUT2D eigenvalue weighted by Crippen LogP contribution is 2.06. The lowest BCUT2D eigenvalue weighted by molar-refractivity contribution is 0.251. The van der Waals surface area contributed by atoms with Crippen LogP contribution in [0.1, 0.15) is 5.69 Å². The molecule has 2 amide bonds. The van der Waals surface area contributed by atoms with Crippen LogP contribution in [0.4, 0.5) is 10.5 Å². The second-order valence-electron chi connectivity index (χ2n) is 4.38. The number of benzene rings is 1. The first-order valence-electron chi connectivity index (χ1n) is 6.34. The molecule has 0 fully saturated rings. The largest absolute Gasteiger partial charge is 0.332 e. The number of carbonyl (C=O) groups excluding carboxylic acids is 1. The Morgan fingerprint density at radius 3 is 2.70 bits per heavy atom. The van der Waals surface area contributed by atoms with Crippen LogP contribution in [0.25, 0.3) is 5.52 Å². The standard InChI is InChI=1S/C15H14N4O/c20-15(17-12-6-2-1-3-7-12)16-11-13-10-14-8-4-5-9-19(14)18-13/h1-10H,11H2,(H2,16,17,20). The third-order valence-electron chi connectivity index (χ3n) is 2.88. The highest BCUT2D eigenvalue weighted by molar-refractivity contribution is 5.89. The molecule has 0 atom stereocenters. The zero-order valence-electron chi connectivity index (χ0n) is 10.8. The minimum atomic E-state index is -0.242. The van der Waals surface area contributed by atoms with Gasteiger partial charge >= 0.3 is 6.03 Å². The summed E-state index contributed by atoms with van der Waals surface area (Å²) in [7, 11) is 0. The summed E-state index contributed by atoms with van der Waals surface area (Å²) in [5.74, 6) is 0. The topological polar surface area (TPSA) is 58.4 Å². The van der Waals surface area contributed by atoms with Crippen molar-refractivity contribution in [2.45, 2.75) is 6.54 Å². The molecule has 5 nitrogen and oxygen atoms in total. The molecule has 0 aliphatic heterocycles. The van der Waals surface area contributed by atoms with Gasteiger partial charge in [0.15, 0.2) is 0 Å². The Bertz CT molecular complexity index is 688. The molecule has 20 heavy (non-hydrogen) atoms. The minimum absolute atomic E-state index is 0.242. The maximum absolute atomic E-state index is 11.7. The normalized spacial score (nSPS) is 10.4. The van der Waals surface area contributed by atoms with Crippen molar-refractivity contribution in [3.8, 4) is 0 Å². The molecule has 0 radical (unpaired) electrons. The zero-order chi connectivity index (χ0) is 13.8. The summed E-state index contributed by atoms with van der Waals surface area (Å²) >= 11 is 0. The summed E-state index contributed by atoms with van der Waals surface area (Å²) in [6.07, 6.45) is 1.88. The predicted molar refractivity (Wildman–Crippen MR) is 77.5 cm³/mol. The van der Waals surface area contributed by atoms with Crippen molar-refractivity contribution in [2.24, 2.45) is 0 Å². The quantitative estimate of drug-likeness (QED) is 0.765. The fourth-order valence-electron chi connectivity index (χ4n) is 1.95. The van der Waals surface area contributed by atoms with Crippen LogP contribution < -0.4 is 10.6 Å². The van der Waals surface area contributed by atoms with Gasteiger partial charge in [0.25, 0.3) is 0 Å². The Morgan fingerprint density at radius 2 is 1.90 bits per heavy atom. The van der Waals surface area contributed by atoms with E-state index in [1.165, 1.54) is 0 Å². The average molecular weight is 266 g/mol. The average Bonchev–Trinajstić information content (AvgIpc) is 2.89. The van der Waals surface area contributed by atoms with Gasteiger partial charge in [0.1, 0.15) is 0 Å². The van der Waals surface area contributed by atoms with Gasteiger partial charge in [-0.15, -0.1) is 0 Å². The zero-order valence-corrected chi connectivity index (χ0v) is 10.8. The number of anilines is 1. The van der Waals surface area contributed by atoms with Crippen LogP contribution in [0.5, 0.6) is 0 Å². The number of pyridine rings is 1. The number of fused-ring (bicyclic) bond motifs is 1. The van der Waals surface area contributed by atoms with E-state index in [-0.39, 0.29) is 6.03 Å². The van der Waals surface area contributed by atoms with Crippen molar-refractivity contribution in [3.05, 3.63) is 66.5 Å². The molecule has 3 aromatic rings. The molecule has 2 N–H and O–H groups in total. The molecule has 0 unspecified atom stereocenters. The van der Waals surface area contributed by atoms with E-state index < -0.39 is 0 Å². The van der Waals surface area contributed by atoms with Crippen LogP contribution in [0, 0.1) is 0 Å². The molecular formula is C15H14N4O. The molecule has 100 valence electrons. The van der Waals surface area contributed by atoms with Crippen LogP contribution in [-0.2, 0) is 6.54 Å². The van der Waals surface area contributed by atoms with Gasteiger partial charge in [0.05, 0.1) is 17.8 Å². The predicted octanol–water partition coefficient (Wildman–Crippen LogP) is 2.66. The Kier molecular flexibility index (Phi) is 3.33. The van der Waals surface area contributed by atoms with Gasteiger partial charge in [-0.3, -0.25) is 0 Å². The fraction of sp³-hybridized carbons (Fsp3) is 0.0667. The summed E-state index contributed by atoms with van der Waals surface area (Å²) in [5.41, 5.74) is 2.59. The van der Waals surface area contributed by atoms with Crippen LogP contribution >= 0.6 is 0 Å². The number of hydrogen-bond acceptors (Lipinski definition) is 2. The summed E-state index contributed by atoms with van der Waals surface area (Å²) in [4.78, 5) is 11.7. The fourth-order valence-corrected chi connectivity index (χ4v) is 1.95. The third kappa shape index (κ3) is 2.77. The van der Waals surface area contributed by atoms with Gasteiger partial charge in [-0.25, -0.2) is 9.31 Å². The molecule has 0 aliphatic rings. The van der Waals surface area contributed by atoms with E-state index >= 15 is 0 Å². The number of urea groups is 1. The molecule has 2 heterocycles. The van der Waals surface area contributed by atoms with Crippen LogP contribution in [-0.4, -0.2) is 15.6 Å².